The van der Waals surface area contributed by atoms with Crippen molar-refractivity contribution in [3.8, 4) is 6.07 Å². The number of allylic oxidation sites excluding steroid dienone is 1. The first-order valence-electron chi connectivity index (χ1n) is 10.2. The van der Waals surface area contributed by atoms with E-state index in [9.17, 15) is 19.6 Å². The summed E-state index contributed by atoms with van der Waals surface area (Å²) < 4.78 is 14.7. The lowest BCUT2D eigenvalue weighted by atomic mass is 9.81. The fourth-order valence-electron chi connectivity index (χ4n) is 3.83. The number of nitrogens with two attached hydrogens (primary N) is 1. The molecule has 0 saturated heterocycles. The van der Waals surface area contributed by atoms with Crippen molar-refractivity contribution in [2.45, 2.75) is 12.3 Å². The quantitative estimate of drug-likeness (QED) is 0.508. The van der Waals surface area contributed by atoms with Crippen LogP contribution in [0.4, 0.5) is 5.69 Å². The van der Waals surface area contributed by atoms with Crippen LogP contribution < -0.4 is 10.6 Å². The predicted molar refractivity (Wildman–Crippen MR) is 122 cm³/mol. The zero-order chi connectivity index (χ0) is 24.8. The molecule has 2 aromatic carbocycles. The Morgan fingerprint density at radius 1 is 0.971 bits per heavy atom. The molecule has 1 unspecified atom stereocenters. The lowest BCUT2D eigenvalue weighted by molar-refractivity contribution is -0.140. The molecular formula is C25H23N3O6. The van der Waals surface area contributed by atoms with Crippen LogP contribution >= 0.6 is 0 Å². The van der Waals surface area contributed by atoms with Crippen LogP contribution in [-0.4, -0.2) is 39.2 Å². The van der Waals surface area contributed by atoms with Gasteiger partial charge in [0.1, 0.15) is 11.5 Å². The van der Waals surface area contributed by atoms with Crippen molar-refractivity contribution in [2.75, 3.05) is 26.2 Å². The van der Waals surface area contributed by atoms with Gasteiger partial charge < -0.3 is 19.9 Å². The van der Waals surface area contributed by atoms with Crippen molar-refractivity contribution in [1.82, 2.24) is 0 Å². The number of benzene rings is 2. The van der Waals surface area contributed by atoms with Gasteiger partial charge in [-0.05, 0) is 23.3 Å². The molecule has 0 aliphatic carbocycles. The van der Waals surface area contributed by atoms with Gasteiger partial charge in [-0.3, -0.25) is 9.69 Å². The smallest absolute Gasteiger partial charge is 0.355 e. The molecule has 0 fully saturated rings. The van der Waals surface area contributed by atoms with Gasteiger partial charge in [0.2, 0.25) is 0 Å². The Balaban J connectivity index is 2.33. The van der Waals surface area contributed by atoms with Crippen LogP contribution in [0.5, 0.6) is 0 Å². The van der Waals surface area contributed by atoms with Crippen LogP contribution in [0.15, 0.2) is 77.3 Å². The van der Waals surface area contributed by atoms with E-state index in [4.69, 9.17) is 19.9 Å². The summed E-state index contributed by atoms with van der Waals surface area (Å²) >= 11 is 0. The summed E-state index contributed by atoms with van der Waals surface area (Å²) in [5.74, 6) is -3.13. The molecule has 0 bridgehead atoms. The monoisotopic (exact) mass is 461 g/mol. The van der Waals surface area contributed by atoms with E-state index in [0.29, 0.717) is 16.8 Å². The van der Waals surface area contributed by atoms with E-state index < -0.39 is 23.8 Å². The molecule has 174 valence electrons. The maximum Gasteiger partial charge on any atom is 0.355 e. The predicted octanol–water partition coefficient (Wildman–Crippen LogP) is 2.30. The minimum absolute atomic E-state index is 0.0271. The van der Waals surface area contributed by atoms with E-state index >= 15 is 0 Å². The van der Waals surface area contributed by atoms with E-state index in [1.165, 1.54) is 26.2 Å². The normalized spacial score (nSPS) is 15.5. The van der Waals surface area contributed by atoms with Crippen LogP contribution in [0.1, 0.15) is 17.0 Å². The average Bonchev–Trinajstić information content (AvgIpc) is 2.87. The van der Waals surface area contributed by atoms with Gasteiger partial charge in [0.15, 0.2) is 0 Å². The highest BCUT2D eigenvalue weighted by Gasteiger charge is 2.43. The lowest BCUT2D eigenvalue weighted by Gasteiger charge is -2.36. The number of esters is 3. The summed E-state index contributed by atoms with van der Waals surface area (Å²) in [6.07, 6.45) is -0.0271. The summed E-state index contributed by atoms with van der Waals surface area (Å²) in [7, 11) is 3.63. The Kier molecular flexibility index (Phi) is 7.33. The number of hydrogen-bond donors (Lipinski definition) is 1. The molecule has 3 rings (SSSR count). The first-order chi connectivity index (χ1) is 16.4. The van der Waals surface area contributed by atoms with Crippen molar-refractivity contribution in [1.29, 1.82) is 5.26 Å². The zero-order valence-corrected chi connectivity index (χ0v) is 18.9. The molecule has 9 nitrogen and oxygen atoms in total. The van der Waals surface area contributed by atoms with Gasteiger partial charge in [-0.15, -0.1) is 0 Å². The van der Waals surface area contributed by atoms with Crippen molar-refractivity contribution in [2.24, 2.45) is 5.73 Å². The molecule has 2 aromatic rings. The third-order valence-corrected chi connectivity index (χ3v) is 5.36. The SMILES string of the molecule is COC(=O)Cc1cccc(N2C(N)=C(C#N)C(c3ccccc3)C(C(=O)OC)=C2C(=O)OC)c1. The molecule has 9 heteroatoms. The highest BCUT2D eigenvalue weighted by atomic mass is 16.5. The van der Waals surface area contributed by atoms with Gasteiger partial charge in [-0.25, -0.2) is 9.59 Å². The maximum atomic E-state index is 13.0. The van der Waals surface area contributed by atoms with Gasteiger partial charge in [0, 0.05) is 5.69 Å². The first kappa shape index (κ1) is 24.1. The van der Waals surface area contributed by atoms with Gasteiger partial charge in [-0.2, -0.15) is 5.26 Å². The summed E-state index contributed by atoms with van der Waals surface area (Å²) in [5.41, 5.74) is 7.72. The average molecular weight is 461 g/mol. The summed E-state index contributed by atoms with van der Waals surface area (Å²) in [6.45, 7) is 0. The van der Waals surface area contributed by atoms with Crippen LogP contribution in [0.2, 0.25) is 0 Å². The number of carbonyl (C=O) groups excluding carboxylic acids is 3. The van der Waals surface area contributed by atoms with Crippen molar-refractivity contribution < 1.29 is 28.6 Å². The fraction of sp³-hybridized carbons (Fsp3) is 0.200. The van der Waals surface area contributed by atoms with Gasteiger partial charge in [0.25, 0.3) is 0 Å². The van der Waals surface area contributed by atoms with Crippen molar-refractivity contribution in [3.05, 3.63) is 88.4 Å². The molecule has 2 N–H and O–H groups in total. The van der Waals surface area contributed by atoms with Crippen LogP contribution in [0.25, 0.3) is 0 Å². The van der Waals surface area contributed by atoms with E-state index in [1.807, 2.05) is 0 Å². The highest BCUT2D eigenvalue weighted by Crippen LogP contribution is 2.43. The Morgan fingerprint density at radius 2 is 1.65 bits per heavy atom. The third kappa shape index (κ3) is 4.47. The first-order valence-corrected chi connectivity index (χ1v) is 10.2. The van der Waals surface area contributed by atoms with Gasteiger partial charge >= 0.3 is 17.9 Å². The second-order valence-corrected chi connectivity index (χ2v) is 7.26. The number of hydrogen-bond acceptors (Lipinski definition) is 9. The van der Waals surface area contributed by atoms with E-state index in [-0.39, 0.29) is 29.1 Å². The van der Waals surface area contributed by atoms with Gasteiger partial charge in [-0.1, -0.05) is 42.5 Å². The van der Waals surface area contributed by atoms with Crippen molar-refractivity contribution >= 4 is 23.6 Å². The molecule has 0 aromatic heterocycles. The van der Waals surface area contributed by atoms with E-state index in [2.05, 4.69) is 6.07 Å². The summed E-state index contributed by atoms with van der Waals surface area (Å²) in [4.78, 5) is 39.1. The van der Waals surface area contributed by atoms with Crippen LogP contribution in [0.3, 0.4) is 0 Å². The minimum atomic E-state index is -0.956. The molecule has 1 aliphatic rings. The third-order valence-electron chi connectivity index (χ3n) is 5.36. The van der Waals surface area contributed by atoms with Crippen LogP contribution in [0, 0.1) is 11.3 Å². The molecule has 0 spiro atoms. The summed E-state index contributed by atoms with van der Waals surface area (Å²) in [5, 5.41) is 10.1. The van der Waals surface area contributed by atoms with Crippen molar-refractivity contribution in [3.63, 3.8) is 0 Å². The molecule has 34 heavy (non-hydrogen) atoms. The molecule has 0 saturated carbocycles. The highest BCUT2D eigenvalue weighted by molar-refractivity contribution is 6.06. The lowest BCUT2D eigenvalue weighted by Crippen LogP contribution is -2.40. The van der Waals surface area contributed by atoms with Gasteiger partial charge in [0.05, 0.1) is 50.9 Å². The number of nitrogens with zero attached hydrogens (tertiary/aromatic N) is 2. The molecule has 0 radical (unpaired) electrons. The standard InChI is InChI=1S/C25H23N3O6/c1-32-19(29)13-15-8-7-11-17(12-15)28-22(25(31)34-3)21(24(30)33-2)20(18(14-26)23(28)27)16-9-5-4-6-10-16/h4-12,20H,13,27H2,1-3H3. The molecule has 1 atom stereocenters. The van der Waals surface area contributed by atoms with E-state index in [0.717, 1.165) is 0 Å². The second-order valence-electron chi connectivity index (χ2n) is 7.26. The largest absolute Gasteiger partial charge is 0.469 e. The summed E-state index contributed by atoms with van der Waals surface area (Å²) in [6, 6.07) is 17.4. The number of ether oxygens (including phenoxy) is 3. The minimum Gasteiger partial charge on any atom is -0.469 e. The Labute approximate surface area is 196 Å². The Hall–Kier alpha value is -4.58. The number of nitriles is 1. The topological polar surface area (TPSA) is 132 Å². The molecular weight excluding hydrogens is 438 g/mol. The zero-order valence-electron chi connectivity index (χ0n) is 18.9. The van der Waals surface area contributed by atoms with E-state index in [1.54, 1.807) is 54.6 Å². The second kappa shape index (κ2) is 10.4. The Bertz CT molecular complexity index is 1230. The number of methoxy groups -OCH3 is 3. The molecule has 0 amide bonds. The number of anilines is 1. The number of carbonyl (C=O) groups is 3. The fourth-order valence-corrected chi connectivity index (χ4v) is 3.83. The molecule has 1 heterocycles. The van der Waals surface area contributed by atoms with Crippen LogP contribution in [-0.2, 0) is 35.0 Å². The molecule has 1 aliphatic heterocycles. The number of rotatable bonds is 6. The Morgan fingerprint density at radius 3 is 2.24 bits per heavy atom. The maximum absolute atomic E-state index is 13.0.